The van der Waals surface area contributed by atoms with E-state index in [0.29, 0.717) is 35.9 Å². The molecule has 0 radical (unpaired) electrons. The highest BCUT2D eigenvalue weighted by molar-refractivity contribution is 5.88. The van der Waals surface area contributed by atoms with Gasteiger partial charge in [-0.25, -0.2) is 4.39 Å². The molecule has 2 amide bonds. The second-order valence-electron chi connectivity index (χ2n) is 7.32. The zero-order valence-corrected chi connectivity index (χ0v) is 18.6. The van der Waals surface area contributed by atoms with E-state index in [2.05, 4.69) is 25.6 Å². The fraction of sp³-hybridized carbons (Fsp3) is 0.261. The van der Waals surface area contributed by atoms with E-state index in [1.807, 2.05) is 0 Å². The van der Waals surface area contributed by atoms with Gasteiger partial charge >= 0.3 is 0 Å². The summed E-state index contributed by atoms with van der Waals surface area (Å²) in [6.07, 6.45) is 5.17. The van der Waals surface area contributed by atoms with Gasteiger partial charge in [-0.05, 0) is 36.8 Å². The second-order valence-corrected chi connectivity index (χ2v) is 7.32. The number of hydrogen-bond acceptors (Lipinski definition) is 7. The monoisotopic (exact) mass is 452 g/mol. The second kappa shape index (κ2) is 11.0. The molecule has 0 aliphatic carbocycles. The summed E-state index contributed by atoms with van der Waals surface area (Å²) in [6, 6.07) is 7.87. The first-order valence-corrected chi connectivity index (χ1v) is 10.3. The van der Waals surface area contributed by atoms with Gasteiger partial charge in [-0.15, -0.1) is 0 Å². The van der Waals surface area contributed by atoms with Crippen LogP contribution in [0.4, 0.5) is 15.9 Å². The summed E-state index contributed by atoms with van der Waals surface area (Å²) < 4.78 is 20.2. The smallest absolute Gasteiger partial charge is 0.239 e. The maximum Gasteiger partial charge on any atom is 0.239 e. The van der Waals surface area contributed by atoms with Gasteiger partial charge < -0.3 is 20.3 Å². The number of pyridine rings is 1. The fourth-order valence-corrected chi connectivity index (χ4v) is 2.87. The number of ether oxygens (including phenoxy) is 1. The first-order valence-electron chi connectivity index (χ1n) is 10.3. The van der Waals surface area contributed by atoms with Crippen LogP contribution < -0.4 is 15.4 Å². The van der Waals surface area contributed by atoms with Crippen molar-refractivity contribution in [3.63, 3.8) is 0 Å². The molecule has 1 aromatic carbocycles. The standard InChI is InChI=1S/C23H25FN6O3/c1-15(31)28-18-6-7-20(27-12-18)17-5-8-21(19(24)11-17)33-23-14-25-13-22(29-23)26-9-4-10-30(3)16(2)32/h5-8,11-14H,4,9-10H2,1-3H3,(H,26,29)(H,28,31). The van der Waals surface area contributed by atoms with Crippen LogP contribution in [0.1, 0.15) is 20.3 Å². The van der Waals surface area contributed by atoms with Crippen LogP contribution in [0.5, 0.6) is 11.6 Å². The van der Waals surface area contributed by atoms with E-state index in [-0.39, 0.29) is 23.4 Å². The number of carbonyl (C=O) groups excluding carboxylic acids is 2. The van der Waals surface area contributed by atoms with Crippen molar-refractivity contribution in [3.8, 4) is 22.9 Å². The predicted octanol–water partition coefficient (Wildman–Crippen LogP) is 3.71. The highest BCUT2D eigenvalue weighted by Crippen LogP contribution is 2.28. The molecule has 0 fully saturated rings. The Morgan fingerprint density at radius 3 is 2.61 bits per heavy atom. The summed E-state index contributed by atoms with van der Waals surface area (Å²) in [7, 11) is 1.74. The third-order valence-corrected chi connectivity index (χ3v) is 4.65. The van der Waals surface area contributed by atoms with E-state index in [0.717, 1.165) is 6.42 Å². The highest BCUT2D eigenvalue weighted by Gasteiger charge is 2.10. The molecule has 0 saturated heterocycles. The van der Waals surface area contributed by atoms with Crippen LogP contribution in [-0.4, -0.2) is 51.8 Å². The van der Waals surface area contributed by atoms with Gasteiger partial charge in [-0.3, -0.25) is 19.6 Å². The van der Waals surface area contributed by atoms with Gasteiger partial charge in [0, 0.05) is 39.5 Å². The summed E-state index contributed by atoms with van der Waals surface area (Å²) in [5.41, 5.74) is 1.67. The fourth-order valence-electron chi connectivity index (χ4n) is 2.87. The zero-order chi connectivity index (χ0) is 23.8. The Kier molecular flexibility index (Phi) is 7.85. The predicted molar refractivity (Wildman–Crippen MR) is 122 cm³/mol. The summed E-state index contributed by atoms with van der Waals surface area (Å²) >= 11 is 0. The van der Waals surface area contributed by atoms with E-state index in [9.17, 15) is 14.0 Å². The maximum absolute atomic E-state index is 14.7. The number of aromatic nitrogens is 3. The number of hydrogen-bond donors (Lipinski definition) is 2. The molecule has 172 valence electrons. The van der Waals surface area contributed by atoms with Gasteiger partial charge in [-0.1, -0.05) is 0 Å². The number of halogens is 1. The quantitative estimate of drug-likeness (QED) is 0.476. The molecule has 2 aromatic heterocycles. The van der Waals surface area contributed by atoms with Gasteiger partial charge in [0.15, 0.2) is 11.6 Å². The van der Waals surface area contributed by atoms with E-state index in [1.54, 1.807) is 30.1 Å². The Labute approximate surface area is 191 Å². The SMILES string of the molecule is CC(=O)Nc1ccc(-c2ccc(Oc3cncc(NCCCN(C)C(C)=O)n3)c(F)c2)nc1. The molecule has 9 nitrogen and oxygen atoms in total. The molecule has 0 atom stereocenters. The minimum Gasteiger partial charge on any atom is -0.434 e. The van der Waals surface area contributed by atoms with Crippen molar-refractivity contribution in [1.29, 1.82) is 0 Å². The first kappa shape index (κ1) is 23.6. The summed E-state index contributed by atoms with van der Waals surface area (Å²) in [6.45, 7) is 4.14. The number of nitrogens with zero attached hydrogens (tertiary/aromatic N) is 4. The van der Waals surface area contributed by atoms with E-state index >= 15 is 0 Å². The average molecular weight is 452 g/mol. The molecule has 0 bridgehead atoms. The molecule has 0 spiro atoms. The summed E-state index contributed by atoms with van der Waals surface area (Å²) in [5, 5.41) is 5.74. The van der Waals surface area contributed by atoms with Crippen LogP contribution in [0.15, 0.2) is 48.9 Å². The number of nitrogens with one attached hydrogen (secondary N) is 2. The maximum atomic E-state index is 14.7. The summed E-state index contributed by atoms with van der Waals surface area (Å²) in [5.74, 6) is -0.129. The zero-order valence-electron chi connectivity index (χ0n) is 18.6. The lowest BCUT2D eigenvalue weighted by molar-refractivity contribution is -0.127. The topological polar surface area (TPSA) is 109 Å². The minimum atomic E-state index is -0.576. The molecule has 2 heterocycles. The molecule has 2 N–H and O–H groups in total. The third kappa shape index (κ3) is 6.96. The molecular formula is C23H25FN6O3. The van der Waals surface area contributed by atoms with Crippen LogP contribution in [0.25, 0.3) is 11.3 Å². The lowest BCUT2D eigenvalue weighted by Crippen LogP contribution is -2.26. The lowest BCUT2D eigenvalue weighted by atomic mass is 10.1. The van der Waals surface area contributed by atoms with Crippen molar-refractivity contribution in [2.45, 2.75) is 20.3 Å². The highest BCUT2D eigenvalue weighted by atomic mass is 19.1. The van der Waals surface area contributed by atoms with Crippen molar-refractivity contribution in [2.24, 2.45) is 0 Å². The average Bonchev–Trinajstić information content (AvgIpc) is 2.78. The Balaban J connectivity index is 1.61. The number of anilines is 2. The van der Waals surface area contributed by atoms with Gasteiger partial charge in [-0.2, -0.15) is 4.98 Å². The molecular weight excluding hydrogens is 427 g/mol. The molecule has 10 heteroatoms. The molecule has 0 unspecified atom stereocenters. The van der Waals surface area contributed by atoms with Crippen molar-refractivity contribution < 1.29 is 18.7 Å². The largest absolute Gasteiger partial charge is 0.434 e. The van der Waals surface area contributed by atoms with Crippen LogP contribution in [-0.2, 0) is 9.59 Å². The van der Waals surface area contributed by atoms with Gasteiger partial charge in [0.25, 0.3) is 0 Å². The normalized spacial score (nSPS) is 10.4. The molecule has 3 aromatic rings. The van der Waals surface area contributed by atoms with Crippen LogP contribution in [0.2, 0.25) is 0 Å². The van der Waals surface area contributed by atoms with Crippen molar-refractivity contribution in [1.82, 2.24) is 19.9 Å². The number of benzene rings is 1. The van der Waals surface area contributed by atoms with E-state index in [1.165, 1.54) is 44.6 Å². The van der Waals surface area contributed by atoms with Crippen molar-refractivity contribution in [3.05, 3.63) is 54.7 Å². The van der Waals surface area contributed by atoms with Crippen molar-refractivity contribution in [2.75, 3.05) is 30.8 Å². The summed E-state index contributed by atoms with van der Waals surface area (Å²) in [4.78, 5) is 36.6. The Morgan fingerprint density at radius 2 is 1.94 bits per heavy atom. The molecule has 0 aliphatic heterocycles. The number of rotatable bonds is 9. The minimum absolute atomic E-state index is 0.00292. The lowest BCUT2D eigenvalue weighted by Gasteiger charge is -2.14. The molecule has 33 heavy (non-hydrogen) atoms. The Bertz CT molecular complexity index is 1120. The Hall–Kier alpha value is -4.08. The first-order chi connectivity index (χ1) is 15.8. The van der Waals surface area contributed by atoms with Gasteiger partial charge in [0.05, 0.1) is 30.0 Å². The molecule has 0 aliphatic rings. The van der Waals surface area contributed by atoms with Crippen molar-refractivity contribution >= 4 is 23.3 Å². The van der Waals surface area contributed by atoms with Crippen LogP contribution >= 0.6 is 0 Å². The Morgan fingerprint density at radius 1 is 1.12 bits per heavy atom. The number of carbonyl (C=O) groups is 2. The van der Waals surface area contributed by atoms with Crippen LogP contribution in [0, 0.1) is 5.82 Å². The van der Waals surface area contributed by atoms with E-state index < -0.39 is 5.82 Å². The third-order valence-electron chi connectivity index (χ3n) is 4.65. The van der Waals surface area contributed by atoms with Gasteiger partial charge in [0.2, 0.25) is 17.7 Å². The molecule has 0 saturated carbocycles. The van der Waals surface area contributed by atoms with E-state index in [4.69, 9.17) is 4.74 Å². The van der Waals surface area contributed by atoms with Crippen LogP contribution in [0.3, 0.4) is 0 Å². The molecule has 3 rings (SSSR count). The number of amides is 2. The van der Waals surface area contributed by atoms with Gasteiger partial charge in [0.1, 0.15) is 5.82 Å².